The number of alkyl halides is 3. The van der Waals surface area contributed by atoms with Crippen LogP contribution in [0.4, 0.5) is 19.0 Å². The van der Waals surface area contributed by atoms with Crippen molar-refractivity contribution < 1.29 is 27.4 Å². The molecule has 1 aliphatic heterocycles. The lowest BCUT2D eigenvalue weighted by Gasteiger charge is -2.31. The Labute approximate surface area is 193 Å². The van der Waals surface area contributed by atoms with Gasteiger partial charge in [-0.15, -0.1) is 10.2 Å². The lowest BCUT2D eigenvalue weighted by Crippen LogP contribution is -2.38. The molecule has 0 spiro atoms. The molecular weight excluding hydrogens is 451 g/mol. The fourth-order valence-corrected chi connectivity index (χ4v) is 3.78. The predicted molar refractivity (Wildman–Crippen MR) is 117 cm³/mol. The van der Waals surface area contributed by atoms with Crippen LogP contribution in [0.5, 0.6) is 17.2 Å². The van der Waals surface area contributed by atoms with Gasteiger partial charge in [-0.25, -0.2) is 4.98 Å². The van der Waals surface area contributed by atoms with E-state index in [9.17, 15) is 18.0 Å². The molecule has 1 saturated heterocycles. The average molecular weight is 473 g/mol. The normalized spacial score (nSPS) is 14.6. The highest BCUT2D eigenvalue weighted by atomic mass is 19.4. The minimum atomic E-state index is -4.41. The molecule has 8 nitrogen and oxygen atoms in total. The molecule has 2 aromatic heterocycles. The van der Waals surface area contributed by atoms with Crippen molar-refractivity contribution in [1.82, 2.24) is 20.1 Å². The molecule has 3 aromatic rings. The fraction of sp³-hybridized carbons (Fsp3) is 0.304. The molecule has 2 N–H and O–H groups in total. The number of nitrogen functional groups attached to an aromatic ring is 1. The lowest BCUT2D eigenvalue weighted by atomic mass is 9.92. The van der Waals surface area contributed by atoms with E-state index < -0.39 is 11.7 Å². The Morgan fingerprint density at radius 1 is 1.06 bits per heavy atom. The lowest BCUT2D eigenvalue weighted by molar-refractivity contribution is -0.137. The molecule has 0 saturated carbocycles. The van der Waals surface area contributed by atoms with Crippen molar-refractivity contribution >= 4 is 11.7 Å². The van der Waals surface area contributed by atoms with Crippen LogP contribution >= 0.6 is 0 Å². The SMILES string of the molecule is COc1cc(N)nnc1C1CCN(C(=O)c2ccc(Oc3ccc(C(F)(F)F)cc3)cn2)CC1. The van der Waals surface area contributed by atoms with Gasteiger partial charge in [0.05, 0.1) is 18.9 Å². The van der Waals surface area contributed by atoms with Gasteiger partial charge in [0.15, 0.2) is 0 Å². The van der Waals surface area contributed by atoms with Crippen LogP contribution in [0.3, 0.4) is 0 Å². The monoisotopic (exact) mass is 473 g/mol. The summed E-state index contributed by atoms with van der Waals surface area (Å²) >= 11 is 0. The molecule has 0 atom stereocenters. The van der Waals surface area contributed by atoms with E-state index in [-0.39, 0.29) is 29.1 Å². The number of pyridine rings is 1. The van der Waals surface area contributed by atoms with E-state index in [0.717, 1.165) is 17.8 Å². The standard InChI is InChI=1S/C23H22F3N5O3/c1-33-19-12-20(27)29-30-21(19)14-8-10-31(11-9-14)22(32)18-7-6-17(13-28-18)34-16-4-2-15(3-5-16)23(24,25)26/h2-7,12-14H,8-11H2,1H3,(H2,27,29). The number of amides is 1. The number of methoxy groups -OCH3 is 1. The number of hydrogen-bond donors (Lipinski definition) is 1. The molecule has 1 aliphatic rings. The first kappa shape index (κ1) is 23.3. The highest BCUT2D eigenvalue weighted by Gasteiger charge is 2.30. The fourth-order valence-electron chi connectivity index (χ4n) is 3.78. The molecular formula is C23H22F3N5O3. The maximum absolute atomic E-state index is 12.9. The number of rotatable bonds is 5. The van der Waals surface area contributed by atoms with Crippen molar-refractivity contribution in [3.8, 4) is 17.2 Å². The first-order chi connectivity index (χ1) is 16.2. The molecule has 0 radical (unpaired) electrons. The molecule has 1 amide bonds. The van der Waals surface area contributed by atoms with Crippen LogP contribution in [-0.2, 0) is 6.18 Å². The van der Waals surface area contributed by atoms with Crippen molar-refractivity contribution in [1.29, 1.82) is 0 Å². The molecule has 4 rings (SSSR count). The van der Waals surface area contributed by atoms with E-state index in [1.54, 1.807) is 24.1 Å². The number of ether oxygens (including phenoxy) is 2. The Hall–Kier alpha value is -3.89. The number of anilines is 1. The van der Waals surface area contributed by atoms with Crippen molar-refractivity contribution in [2.45, 2.75) is 24.9 Å². The summed E-state index contributed by atoms with van der Waals surface area (Å²) in [5.41, 5.74) is 5.89. The molecule has 1 fully saturated rings. The van der Waals surface area contributed by atoms with E-state index in [1.165, 1.54) is 24.4 Å². The van der Waals surface area contributed by atoms with Gasteiger partial charge in [-0.2, -0.15) is 13.2 Å². The predicted octanol–water partition coefficient (Wildman–Crippen LogP) is 4.29. The number of hydrogen-bond acceptors (Lipinski definition) is 7. The Balaban J connectivity index is 1.35. The smallest absolute Gasteiger partial charge is 0.416 e. The molecule has 0 bridgehead atoms. The van der Waals surface area contributed by atoms with E-state index in [4.69, 9.17) is 15.2 Å². The number of likely N-dealkylation sites (tertiary alicyclic amines) is 1. The third-order valence-corrected chi connectivity index (χ3v) is 5.57. The summed E-state index contributed by atoms with van der Waals surface area (Å²) in [6.45, 7) is 1.04. The maximum Gasteiger partial charge on any atom is 0.416 e. The minimum absolute atomic E-state index is 0.0968. The Bertz CT molecular complexity index is 1150. The summed E-state index contributed by atoms with van der Waals surface area (Å²) in [4.78, 5) is 18.7. The van der Waals surface area contributed by atoms with Crippen LogP contribution in [0.25, 0.3) is 0 Å². The highest BCUT2D eigenvalue weighted by Crippen LogP contribution is 2.34. The summed E-state index contributed by atoms with van der Waals surface area (Å²) in [5.74, 6) is 1.29. The van der Waals surface area contributed by atoms with E-state index >= 15 is 0 Å². The van der Waals surface area contributed by atoms with Gasteiger partial charge in [0.25, 0.3) is 5.91 Å². The number of carbonyl (C=O) groups is 1. The molecule has 0 aliphatic carbocycles. The Morgan fingerprint density at radius 3 is 2.32 bits per heavy atom. The summed E-state index contributed by atoms with van der Waals surface area (Å²) in [7, 11) is 1.55. The number of halogens is 3. The zero-order valence-corrected chi connectivity index (χ0v) is 18.2. The van der Waals surface area contributed by atoms with Crippen LogP contribution < -0.4 is 15.2 Å². The van der Waals surface area contributed by atoms with Crippen LogP contribution in [0.15, 0.2) is 48.7 Å². The van der Waals surface area contributed by atoms with Crippen LogP contribution in [0.2, 0.25) is 0 Å². The number of piperidine rings is 1. The Kier molecular flexibility index (Phi) is 6.53. The third kappa shape index (κ3) is 5.19. The number of benzene rings is 1. The van der Waals surface area contributed by atoms with Crippen LogP contribution in [-0.4, -0.2) is 46.2 Å². The first-order valence-corrected chi connectivity index (χ1v) is 10.5. The quantitative estimate of drug-likeness (QED) is 0.590. The molecule has 1 aromatic carbocycles. The number of carbonyl (C=O) groups excluding carboxylic acids is 1. The van der Waals surface area contributed by atoms with Crippen molar-refractivity contribution in [2.75, 3.05) is 25.9 Å². The van der Waals surface area contributed by atoms with E-state index in [2.05, 4.69) is 15.2 Å². The van der Waals surface area contributed by atoms with Gasteiger partial charge in [-0.05, 0) is 49.2 Å². The van der Waals surface area contributed by atoms with E-state index in [0.29, 0.717) is 37.4 Å². The van der Waals surface area contributed by atoms with Crippen molar-refractivity contribution in [3.63, 3.8) is 0 Å². The number of nitrogens with zero attached hydrogens (tertiary/aromatic N) is 4. The average Bonchev–Trinajstić information content (AvgIpc) is 2.84. The summed E-state index contributed by atoms with van der Waals surface area (Å²) in [6, 6.07) is 9.06. The van der Waals surface area contributed by atoms with Crippen molar-refractivity contribution in [3.05, 3.63) is 65.6 Å². The second-order valence-corrected chi connectivity index (χ2v) is 7.79. The van der Waals surface area contributed by atoms with Crippen molar-refractivity contribution in [2.24, 2.45) is 0 Å². The zero-order chi connectivity index (χ0) is 24.3. The molecule has 34 heavy (non-hydrogen) atoms. The third-order valence-electron chi connectivity index (χ3n) is 5.57. The van der Waals surface area contributed by atoms with Gasteiger partial charge in [-0.1, -0.05) is 0 Å². The molecule has 178 valence electrons. The van der Waals surface area contributed by atoms with Gasteiger partial charge >= 0.3 is 6.18 Å². The zero-order valence-electron chi connectivity index (χ0n) is 18.2. The van der Waals surface area contributed by atoms with Gasteiger partial charge in [-0.3, -0.25) is 4.79 Å². The minimum Gasteiger partial charge on any atom is -0.495 e. The largest absolute Gasteiger partial charge is 0.495 e. The molecule has 0 unspecified atom stereocenters. The first-order valence-electron chi connectivity index (χ1n) is 10.5. The van der Waals surface area contributed by atoms with Crippen LogP contribution in [0, 0.1) is 0 Å². The number of nitrogens with two attached hydrogens (primary N) is 1. The highest BCUT2D eigenvalue weighted by molar-refractivity contribution is 5.92. The van der Waals surface area contributed by atoms with Crippen LogP contribution in [0.1, 0.15) is 40.5 Å². The van der Waals surface area contributed by atoms with Gasteiger partial charge in [0, 0.05) is 25.1 Å². The molecule has 3 heterocycles. The summed E-state index contributed by atoms with van der Waals surface area (Å²) < 4.78 is 48.9. The molecule has 11 heteroatoms. The van der Waals surface area contributed by atoms with Gasteiger partial charge in [0.1, 0.15) is 34.5 Å². The summed E-state index contributed by atoms with van der Waals surface area (Å²) in [5, 5.41) is 8.09. The second-order valence-electron chi connectivity index (χ2n) is 7.79. The second kappa shape index (κ2) is 9.54. The maximum atomic E-state index is 12.9. The number of aromatic nitrogens is 3. The van der Waals surface area contributed by atoms with E-state index in [1.807, 2.05) is 0 Å². The topological polar surface area (TPSA) is 103 Å². The van der Waals surface area contributed by atoms with Gasteiger partial charge in [0.2, 0.25) is 0 Å². The van der Waals surface area contributed by atoms with Gasteiger partial charge < -0.3 is 20.1 Å². The Morgan fingerprint density at radius 2 is 1.74 bits per heavy atom. The summed E-state index contributed by atoms with van der Waals surface area (Å²) in [6.07, 6.45) is -1.66.